The highest BCUT2D eigenvalue weighted by atomic mass is 35.5. The van der Waals surface area contributed by atoms with Crippen LogP contribution in [-0.4, -0.2) is 24.8 Å². The Hall–Kier alpha value is -0.640. The lowest BCUT2D eigenvalue weighted by Gasteiger charge is -2.03. The minimum absolute atomic E-state index is 0.503. The van der Waals surface area contributed by atoms with Gasteiger partial charge in [-0.1, -0.05) is 17.7 Å². The fourth-order valence-electron chi connectivity index (χ4n) is 0.944. The molecule has 1 aromatic rings. The Bertz CT molecular complexity index is 251. The van der Waals surface area contributed by atoms with Crippen molar-refractivity contribution in [2.24, 2.45) is 0 Å². The molecule has 0 N–H and O–H groups in total. The highest BCUT2D eigenvalue weighted by molar-refractivity contribution is 6.29. The molecule has 0 spiro atoms. The fraction of sp³-hybridized carbons (Fsp3) is 0.500. The van der Waals surface area contributed by atoms with Crippen LogP contribution in [-0.2, 0) is 16.1 Å². The topological polar surface area (TPSA) is 31.4 Å². The van der Waals surface area contributed by atoms with Crippen molar-refractivity contribution in [1.29, 1.82) is 0 Å². The van der Waals surface area contributed by atoms with Crippen molar-refractivity contribution in [2.75, 3.05) is 19.8 Å². The van der Waals surface area contributed by atoms with Gasteiger partial charge in [-0.25, -0.2) is 4.98 Å². The average molecular weight is 216 g/mol. The first-order valence-corrected chi connectivity index (χ1v) is 4.96. The van der Waals surface area contributed by atoms with E-state index in [1.807, 2.05) is 13.0 Å². The molecule has 0 amide bonds. The predicted molar refractivity (Wildman–Crippen MR) is 55.4 cm³/mol. The van der Waals surface area contributed by atoms with Crippen molar-refractivity contribution >= 4 is 11.6 Å². The van der Waals surface area contributed by atoms with Gasteiger partial charge < -0.3 is 9.47 Å². The minimum Gasteiger partial charge on any atom is -0.379 e. The van der Waals surface area contributed by atoms with E-state index in [2.05, 4.69) is 4.98 Å². The zero-order valence-corrected chi connectivity index (χ0v) is 8.96. The van der Waals surface area contributed by atoms with Gasteiger partial charge in [-0.2, -0.15) is 0 Å². The van der Waals surface area contributed by atoms with Crippen LogP contribution in [0.3, 0.4) is 0 Å². The van der Waals surface area contributed by atoms with Crippen LogP contribution < -0.4 is 0 Å². The van der Waals surface area contributed by atoms with Crippen molar-refractivity contribution in [3.8, 4) is 0 Å². The number of hydrogen-bond acceptors (Lipinski definition) is 3. The van der Waals surface area contributed by atoms with Gasteiger partial charge in [-0.05, 0) is 18.6 Å². The molecule has 0 fully saturated rings. The first-order valence-electron chi connectivity index (χ1n) is 4.59. The third kappa shape index (κ3) is 4.56. The second kappa shape index (κ2) is 6.76. The Kier molecular flexibility index (Phi) is 5.52. The van der Waals surface area contributed by atoms with Crippen LogP contribution in [0.1, 0.15) is 12.5 Å². The molecule has 0 saturated carbocycles. The molecule has 0 unspecified atom stereocenters. The Morgan fingerprint density at radius 1 is 1.29 bits per heavy atom. The largest absolute Gasteiger partial charge is 0.379 e. The van der Waals surface area contributed by atoms with Gasteiger partial charge in [0.2, 0.25) is 0 Å². The Labute approximate surface area is 89.0 Å². The third-order valence-corrected chi connectivity index (χ3v) is 1.86. The summed E-state index contributed by atoms with van der Waals surface area (Å²) in [6, 6.07) is 3.65. The van der Waals surface area contributed by atoms with Crippen molar-refractivity contribution in [2.45, 2.75) is 13.5 Å². The maximum atomic E-state index is 5.64. The van der Waals surface area contributed by atoms with Crippen LogP contribution in [0.25, 0.3) is 0 Å². The normalized spacial score (nSPS) is 10.4. The minimum atomic E-state index is 0.503. The molecule has 78 valence electrons. The van der Waals surface area contributed by atoms with Crippen molar-refractivity contribution in [3.63, 3.8) is 0 Å². The number of aromatic nitrogens is 1. The van der Waals surface area contributed by atoms with Gasteiger partial charge in [0, 0.05) is 12.8 Å². The molecule has 0 bridgehead atoms. The lowest BCUT2D eigenvalue weighted by Crippen LogP contribution is -2.03. The Morgan fingerprint density at radius 3 is 2.71 bits per heavy atom. The summed E-state index contributed by atoms with van der Waals surface area (Å²) in [7, 11) is 0. The summed E-state index contributed by atoms with van der Waals surface area (Å²) >= 11 is 5.64. The molecule has 14 heavy (non-hydrogen) atoms. The van der Waals surface area contributed by atoms with E-state index >= 15 is 0 Å². The van der Waals surface area contributed by atoms with Crippen LogP contribution in [0.4, 0.5) is 0 Å². The summed E-state index contributed by atoms with van der Waals surface area (Å²) in [5.41, 5.74) is 1.02. The highest BCUT2D eigenvalue weighted by Crippen LogP contribution is 2.05. The fourth-order valence-corrected chi connectivity index (χ4v) is 1.06. The van der Waals surface area contributed by atoms with E-state index in [4.69, 9.17) is 21.1 Å². The average Bonchev–Trinajstić information content (AvgIpc) is 2.21. The predicted octanol–water partition coefficient (Wildman–Crippen LogP) is 2.29. The number of nitrogens with zero attached hydrogens (tertiary/aromatic N) is 1. The van der Waals surface area contributed by atoms with Gasteiger partial charge in [0.1, 0.15) is 5.15 Å². The molecular formula is C10H14ClNO2. The molecule has 0 aliphatic heterocycles. The maximum absolute atomic E-state index is 5.64. The first kappa shape index (κ1) is 11.4. The van der Waals surface area contributed by atoms with E-state index in [9.17, 15) is 0 Å². The second-order valence-electron chi connectivity index (χ2n) is 2.74. The van der Waals surface area contributed by atoms with E-state index in [0.29, 0.717) is 25.0 Å². The van der Waals surface area contributed by atoms with Crippen LogP contribution in [0.2, 0.25) is 5.15 Å². The molecule has 0 saturated heterocycles. The quantitative estimate of drug-likeness (QED) is 0.539. The summed E-state index contributed by atoms with van der Waals surface area (Å²) < 4.78 is 10.5. The van der Waals surface area contributed by atoms with Gasteiger partial charge in [0.25, 0.3) is 0 Å². The highest BCUT2D eigenvalue weighted by Gasteiger charge is 1.94. The van der Waals surface area contributed by atoms with E-state index < -0.39 is 0 Å². The number of ether oxygens (including phenoxy) is 2. The molecule has 4 heteroatoms. The summed E-state index contributed by atoms with van der Waals surface area (Å²) in [5.74, 6) is 0. The summed E-state index contributed by atoms with van der Waals surface area (Å²) in [5, 5.41) is 0.503. The molecule has 1 heterocycles. The van der Waals surface area contributed by atoms with E-state index in [1.165, 1.54) is 0 Å². The molecule has 1 rings (SSSR count). The zero-order valence-electron chi connectivity index (χ0n) is 8.20. The number of halogens is 1. The number of hydrogen-bond donors (Lipinski definition) is 0. The third-order valence-electron chi connectivity index (χ3n) is 1.63. The summed E-state index contributed by atoms with van der Waals surface area (Å²) in [6.07, 6.45) is 1.71. The standard InChI is InChI=1S/C10H14ClNO2/c1-2-13-5-6-14-8-9-3-4-10(11)12-7-9/h3-4,7H,2,5-6,8H2,1H3. The lowest BCUT2D eigenvalue weighted by molar-refractivity contribution is 0.0452. The molecule has 1 aromatic heterocycles. The number of rotatable bonds is 6. The van der Waals surface area contributed by atoms with Crippen LogP contribution in [0.5, 0.6) is 0 Å². The summed E-state index contributed by atoms with van der Waals surface area (Å²) in [4.78, 5) is 3.95. The van der Waals surface area contributed by atoms with Crippen LogP contribution >= 0.6 is 11.6 Å². The van der Waals surface area contributed by atoms with Crippen molar-refractivity contribution < 1.29 is 9.47 Å². The van der Waals surface area contributed by atoms with Gasteiger partial charge >= 0.3 is 0 Å². The molecule has 0 atom stereocenters. The van der Waals surface area contributed by atoms with Crippen LogP contribution in [0.15, 0.2) is 18.3 Å². The molecule has 3 nitrogen and oxygen atoms in total. The van der Waals surface area contributed by atoms with Gasteiger partial charge in [0.15, 0.2) is 0 Å². The molecule has 0 aliphatic carbocycles. The monoisotopic (exact) mass is 215 g/mol. The first-order chi connectivity index (χ1) is 6.83. The smallest absolute Gasteiger partial charge is 0.129 e. The molecular weight excluding hydrogens is 202 g/mol. The molecule has 0 aromatic carbocycles. The molecule has 0 radical (unpaired) electrons. The van der Waals surface area contributed by atoms with E-state index in [0.717, 1.165) is 12.2 Å². The Morgan fingerprint density at radius 2 is 2.07 bits per heavy atom. The van der Waals surface area contributed by atoms with E-state index in [1.54, 1.807) is 12.3 Å². The van der Waals surface area contributed by atoms with E-state index in [-0.39, 0.29) is 0 Å². The SMILES string of the molecule is CCOCCOCc1ccc(Cl)nc1. The second-order valence-corrected chi connectivity index (χ2v) is 3.13. The van der Waals surface area contributed by atoms with Crippen LogP contribution in [0, 0.1) is 0 Å². The van der Waals surface area contributed by atoms with Gasteiger partial charge in [-0.3, -0.25) is 0 Å². The van der Waals surface area contributed by atoms with Crippen molar-refractivity contribution in [1.82, 2.24) is 4.98 Å². The number of pyridine rings is 1. The van der Waals surface area contributed by atoms with Gasteiger partial charge in [-0.15, -0.1) is 0 Å². The van der Waals surface area contributed by atoms with Gasteiger partial charge in [0.05, 0.1) is 19.8 Å². The summed E-state index contributed by atoms with van der Waals surface area (Å²) in [6.45, 7) is 4.49. The Balaban J connectivity index is 2.15. The van der Waals surface area contributed by atoms with Crippen molar-refractivity contribution in [3.05, 3.63) is 29.0 Å². The maximum Gasteiger partial charge on any atom is 0.129 e. The lowest BCUT2D eigenvalue weighted by atomic mass is 10.3. The molecule has 0 aliphatic rings. The zero-order chi connectivity index (χ0) is 10.2.